The molecule has 2 aromatic rings. The average Bonchev–Trinajstić information content (AvgIpc) is 2.35. The zero-order chi connectivity index (χ0) is 13.1. The van der Waals surface area contributed by atoms with E-state index < -0.39 is 0 Å². The Hall–Kier alpha value is -2.08. The number of amides is 1. The van der Waals surface area contributed by atoms with E-state index in [0.29, 0.717) is 15.7 Å². The summed E-state index contributed by atoms with van der Waals surface area (Å²) in [7, 11) is 0. The lowest BCUT2D eigenvalue weighted by Gasteiger charge is -2.07. The van der Waals surface area contributed by atoms with Crippen molar-refractivity contribution in [1.82, 2.24) is 4.98 Å². The van der Waals surface area contributed by atoms with Gasteiger partial charge in [-0.3, -0.25) is 4.79 Å². The minimum Gasteiger partial charge on any atom is -0.504 e. The molecule has 0 unspecified atom stereocenters. The number of nitrogens with zero attached hydrogens (tertiary/aromatic N) is 1. The topological polar surface area (TPSA) is 88.2 Å². The third kappa shape index (κ3) is 2.60. The summed E-state index contributed by atoms with van der Waals surface area (Å²) in [6.45, 7) is 0. The van der Waals surface area contributed by atoms with E-state index in [-0.39, 0.29) is 17.5 Å². The zero-order valence-corrected chi connectivity index (χ0v) is 10.8. The quantitative estimate of drug-likeness (QED) is 0.743. The number of hydrogen-bond donors (Lipinski definition) is 3. The van der Waals surface area contributed by atoms with Gasteiger partial charge in [0, 0.05) is 21.9 Å². The first kappa shape index (κ1) is 12.4. The summed E-state index contributed by atoms with van der Waals surface area (Å²) < 4.78 is 0.639. The van der Waals surface area contributed by atoms with Crippen LogP contribution in [0.15, 0.2) is 41.0 Å². The van der Waals surface area contributed by atoms with E-state index in [1.54, 1.807) is 24.3 Å². The second-order valence-electron chi connectivity index (χ2n) is 3.56. The van der Waals surface area contributed by atoms with Crippen LogP contribution in [0.4, 0.5) is 11.5 Å². The van der Waals surface area contributed by atoms with Gasteiger partial charge in [-0.15, -0.1) is 0 Å². The van der Waals surface area contributed by atoms with Crippen molar-refractivity contribution in [2.45, 2.75) is 0 Å². The number of anilines is 2. The number of hydrogen-bond acceptors (Lipinski definition) is 4. The number of aromatic nitrogens is 1. The SMILES string of the molecule is Nc1ccc(C(=O)Nc2ncccc2O)cc1Br. The van der Waals surface area contributed by atoms with Crippen LogP contribution in [0.25, 0.3) is 0 Å². The largest absolute Gasteiger partial charge is 0.504 e. The summed E-state index contributed by atoms with van der Waals surface area (Å²) in [6, 6.07) is 7.84. The average molecular weight is 308 g/mol. The van der Waals surface area contributed by atoms with Gasteiger partial charge in [-0.2, -0.15) is 0 Å². The highest BCUT2D eigenvalue weighted by Crippen LogP contribution is 2.22. The van der Waals surface area contributed by atoms with Gasteiger partial charge in [0.15, 0.2) is 11.6 Å². The molecule has 0 saturated carbocycles. The third-order valence-electron chi connectivity index (χ3n) is 2.28. The molecule has 5 nitrogen and oxygen atoms in total. The van der Waals surface area contributed by atoms with Gasteiger partial charge in [-0.25, -0.2) is 4.98 Å². The maximum Gasteiger partial charge on any atom is 0.256 e. The Labute approximate surface area is 112 Å². The Morgan fingerprint density at radius 3 is 2.83 bits per heavy atom. The van der Waals surface area contributed by atoms with Gasteiger partial charge in [-0.05, 0) is 46.3 Å². The van der Waals surface area contributed by atoms with Crippen LogP contribution in [-0.2, 0) is 0 Å². The standard InChI is InChI=1S/C12H10BrN3O2/c13-8-6-7(3-4-9(8)14)12(18)16-11-10(17)2-1-5-15-11/h1-6,17H,14H2,(H,15,16,18). The fourth-order valence-corrected chi connectivity index (χ4v) is 1.72. The zero-order valence-electron chi connectivity index (χ0n) is 9.22. The number of rotatable bonds is 2. The first-order valence-corrected chi connectivity index (χ1v) is 5.87. The third-order valence-corrected chi connectivity index (χ3v) is 2.97. The van der Waals surface area contributed by atoms with E-state index in [1.165, 1.54) is 12.3 Å². The fraction of sp³-hybridized carbons (Fsp3) is 0. The molecule has 0 bridgehead atoms. The van der Waals surface area contributed by atoms with Gasteiger partial charge in [0.25, 0.3) is 5.91 Å². The lowest BCUT2D eigenvalue weighted by atomic mass is 10.2. The highest BCUT2D eigenvalue weighted by molar-refractivity contribution is 9.10. The van der Waals surface area contributed by atoms with Crippen molar-refractivity contribution in [3.05, 3.63) is 46.6 Å². The number of nitrogens with one attached hydrogen (secondary N) is 1. The van der Waals surface area contributed by atoms with Crippen LogP contribution in [0.1, 0.15) is 10.4 Å². The van der Waals surface area contributed by atoms with Crippen LogP contribution in [-0.4, -0.2) is 16.0 Å². The van der Waals surface area contributed by atoms with Gasteiger partial charge < -0.3 is 16.2 Å². The molecular weight excluding hydrogens is 298 g/mol. The molecule has 2 rings (SSSR count). The molecule has 1 heterocycles. The number of halogens is 1. The van der Waals surface area contributed by atoms with Crippen molar-refractivity contribution < 1.29 is 9.90 Å². The van der Waals surface area contributed by atoms with E-state index in [9.17, 15) is 9.90 Å². The van der Waals surface area contributed by atoms with Gasteiger partial charge >= 0.3 is 0 Å². The Morgan fingerprint density at radius 1 is 1.39 bits per heavy atom. The summed E-state index contributed by atoms with van der Waals surface area (Å²) in [5.74, 6) is -0.333. The molecule has 0 radical (unpaired) electrons. The van der Waals surface area contributed by atoms with E-state index in [1.807, 2.05) is 0 Å². The van der Waals surface area contributed by atoms with E-state index >= 15 is 0 Å². The minimum atomic E-state index is -0.371. The van der Waals surface area contributed by atoms with Gasteiger partial charge in [-0.1, -0.05) is 0 Å². The Bertz CT molecular complexity index is 602. The Balaban J connectivity index is 2.22. The summed E-state index contributed by atoms with van der Waals surface area (Å²) >= 11 is 3.24. The lowest BCUT2D eigenvalue weighted by molar-refractivity contribution is 0.102. The van der Waals surface area contributed by atoms with Crippen LogP contribution in [0, 0.1) is 0 Å². The summed E-state index contributed by atoms with van der Waals surface area (Å²) in [5, 5.41) is 12.0. The molecule has 18 heavy (non-hydrogen) atoms. The van der Waals surface area contributed by atoms with Crippen LogP contribution < -0.4 is 11.1 Å². The van der Waals surface area contributed by atoms with Crippen molar-refractivity contribution in [2.75, 3.05) is 11.1 Å². The first-order valence-electron chi connectivity index (χ1n) is 5.08. The first-order chi connectivity index (χ1) is 8.58. The maximum atomic E-state index is 11.9. The Morgan fingerprint density at radius 2 is 2.17 bits per heavy atom. The molecule has 0 fully saturated rings. The number of benzene rings is 1. The highest BCUT2D eigenvalue weighted by Gasteiger charge is 2.10. The molecule has 0 aliphatic carbocycles. The van der Waals surface area contributed by atoms with Crippen LogP contribution in [0.3, 0.4) is 0 Å². The molecule has 0 aliphatic rings. The van der Waals surface area contributed by atoms with Crippen molar-refractivity contribution >= 4 is 33.3 Å². The van der Waals surface area contributed by atoms with Crippen LogP contribution >= 0.6 is 15.9 Å². The molecular formula is C12H10BrN3O2. The summed E-state index contributed by atoms with van der Waals surface area (Å²) in [4.78, 5) is 15.8. The molecule has 1 aromatic heterocycles. The maximum absolute atomic E-state index is 11.9. The van der Waals surface area contributed by atoms with Crippen molar-refractivity contribution in [3.63, 3.8) is 0 Å². The molecule has 0 spiro atoms. The number of aromatic hydroxyl groups is 1. The Kier molecular flexibility index (Phi) is 3.47. The van der Waals surface area contributed by atoms with Crippen molar-refractivity contribution in [2.24, 2.45) is 0 Å². The molecule has 0 atom stereocenters. The number of nitrogens with two attached hydrogens (primary N) is 1. The molecule has 92 valence electrons. The number of nitrogen functional groups attached to an aromatic ring is 1. The van der Waals surface area contributed by atoms with Gasteiger partial charge in [0.05, 0.1) is 0 Å². The van der Waals surface area contributed by atoms with Gasteiger partial charge in [0.2, 0.25) is 0 Å². The summed E-state index contributed by atoms with van der Waals surface area (Å²) in [5.41, 5.74) is 6.60. The molecule has 0 saturated heterocycles. The summed E-state index contributed by atoms with van der Waals surface area (Å²) in [6.07, 6.45) is 1.48. The lowest BCUT2D eigenvalue weighted by Crippen LogP contribution is -2.13. The van der Waals surface area contributed by atoms with Crippen LogP contribution in [0.5, 0.6) is 5.75 Å². The van der Waals surface area contributed by atoms with E-state index in [0.717, 1.165) is 0 Å². The molecule has 6 heteroatoms. The predicted octanol–water partition coefficient (Wildman–Crippen LogP) is 2.38. The highest BCUT2D eigenvalue weighted by atomic mass is 79.9. The smallest absolute Gasteiger partial charge is 0.256 e. The van der Waals surface area contributed by atoms with E-state index in [4.69, 9.17) is 5.73 Å². The number of carbonyl (C=O) groups is 1. The fourth-order valence-electron chi connectivity index (χ4n) is 1.34. The number of pyridine rings is 1. The minimum absolute atomic E-state index is 0.0830. The van der Waals surface area contributed by atoms with E-state index in [2.05, 4.69) is 26.2 Å². The normalized spacial score (nSPS) is 10.1. The molecule has 0 aliphatic heterocycles. The second-order valence-corrected chi connectivity index (χ2v) is 4.42. The van der Waals surface area contributed by atoms with Crippen molar-refractivity contribution in [1.29, 1.82) is 0 Å². The molecule has 1 aromatic carbocycles. The van der Waals surface area contributed by atoms with Crippen molar-refractivity contribution in [3.8, 4) is 5.75 Å². The molecule has 1 amide bonds. The monoisotopic (exact) mass is 307 g/mol. The number of carbonyl (C=O) groups excluding carboxylic acids is 1. The van der Waals surface area contributed by atoms with Gasteiger partial charge in [0.1, 0.15) is 0 Å². The molecule has 4 N–H and O–H groups in total. The van der Waals surface area contributed by atoms with Crippen LogP contribution in [0.2, 0.25) is 0 Å². The predicted molar refractivity (Wildman–Crippen MR) is 72.4 cm³/mol. The second kappa shape index (κ2) is 5.05.